The van der Waals surface area contributed by atoms with Gasteiger partial charge in [-0.05, 0) is 31.0 Å². The first-order valence-corrected chi connectivity index (χ1v) is 6.90. The molecule has 0 spiro atoms. The highest BCUT2D eigenvalue weighted by Gasteiger charge is 2.16. The van der Waals surface area contributed by atoms with Crippen molar-refractivity contribution in [1.29, 1.82) is 0 Å². The molecule has 0 saturated heterocycles. The van der Waals surface area contributed by atoms with Gasteiger partial charge < -0.3 is 11.1 Å². The average Bonchev–Trinajstić information content (AvgIpc) is 2.44. The number of nitrogens with two attached hydrogens (primary N) is 1. The second-order valence-corrected chi connectivity index (χ2v) is 5.39. The second-order valence-electron chi connectivity index (χ2n) is 5.39. The molecule has 0 fully saturated rings. The Balaban J connectivity index is 2.32. The number of aryl methyl sites for hydroxylation is 1. The standard InChI is InChI=1S/C16H20N4O/c1-9(2)15-18-8-12(17)14(20-15)16(21)19-13-7-5-6-10(3)11(13)4/h5-9H,17H2,1-4H3,(H,19,21). The number of aromatic nitrogens is 2. The van der Waals surface area contributed by atoms with Crippen LogP contribution in [0, 0.1) is 13.8 Å². The van der Waals surface area contributed by atoms with E-state index in [-0.39, 0.29) is 23.2 Å². The highest BCUT2D eigenvalue weighted by atomic mass is 16.1. The van der Waals surface area contributed by atoms with Crippen LogP contribution in [0.25, 0.3) is 0 Å². The zero-order valence-electron chi connectivity index (χ0n) is 12.8. The molecular formula is C16H20N4O. The normalized spacial score (nSPS) is 10.7. The molecule has 0 aliphatic heterocycles. The summed E-state index contributed by atoms with van der Waals surface area (Å²) >= 11 is 0. The zero-order chi connectivity index (χ0) is 15.6. The van der Waals surface area contributed by atoms with E-state index in [9.17, 15) is 4.79 Å². The van der Waals surface area contributed by atoms with Gasteiger partial charge in [-0.25, -0.2) is 9.97 Å². The second kappa shape index (κ2) is 5.91. The minimum absolute atomic E-state index is 0.137. The van der Waals surface area contributed by atoms with Crippen molar-refractivity contribution in [3.8, 4) is 0 Å². The number of carbonyl (C=O) groups is 1. The van der Waals surface area contributed by atoms with Gasteiger partial charge in [-0.1, -0.05) is 26.0 Å². The first-order valence-electron chi connectivity index (χ1n) is 6.90. The summed E-state index contributed by atoms with van der Waals surface area (Å²) in [7, 11) is 0. The van der Waals surface area contributed by atoms with E-state index in [1.54, 1.807) is 0 Å². The number of anilines is 2. The molecule has 2 aromatic rings. The smallest absolute Gasteiger partial charge is 0.276 e. The van der Waals surface area contributed by atoms with Gasteiger partial charge in [0.15, 0.2) is 5.69 Å². The molecular weight excluding hydrogens is 264 g/mol. The topological polar surface area (TPSA) is 80.9 Å². The number of hydrogen-bond acceptors (Lipinski definition) is 4. The van der Waals surface area contributed by atoms with Crippen LogP contribution in [0.3, 0.4) is 0 Å². The van der Waals surface area contributed by atoms with Crippen LogP contribution in [0.2, 0.25) is 0 Å². The van der Waals surface area contributed by atoms with Gasteiger partial charge in [0.25, 0.3) is 5.91 Å². The number of nitrogens with one attached hydrogen (secondary N) is 1. The highest BCUT2D eigenvalue weighted by molar-refractivity contribution is 6.06. The summed E-state index contributed by atoms with van der Waals surface area (Å²) in [5.74, 6) is 0.429. The third-order valence-electron chi connectivity index (χ3n) is 3.42. The van der Waals surface area contributed by atoms with Crippen molar-refractivity contribution in [3.63, 3.8) is 0 Å². The predicted octanol–water partition coefficient (Wildman–Crippen LogP) is 3.05. The SMILES string of the molecule is Cc1cccc(NC(=O)c2nc(C(C)C)ncc2N)c1C. The van der Waals surface area contributed by atoms with Crippen molar-refractivity contribution >= 4 is 17.3 Å². The molecule has 0 saturated carbocycles. The molecule has 0 bridgehead atoms. The maximum Gasteiger partial charge on any atom is 0.276 e. The number of carbonyl (C=O) groups excluding carboxylic acids is 1. The Labute approximate surface area is 124 Å². The molecule has 1 heterocycles. The van der Waals surface area contributed by atoms with E-state index in [1.807, 2.05) is 45.9 Å². The third-order valence-corrected chi connectivity index (χ3v) is 3.42. The number of nitrogens with zero attached hydrogens (tertiary/aromatic N) is 2. The summed E-state index contributed by atoms with van der Waals surface area (Å²) < 4.78 is 0. The van der Waals surface area contributed by atoms with E-state index >= 15 is 0 Å². The summed E-state index contributed by atoms with van der Waals surface area (Å²) in [6, 6.07) is 5.77. The lowest BCUT2D eigenvalue weighted by Gasteiger charge is -2.12. The van der Waals surface area contributed by atoms with Gasteiger partial charge in [0.05, 0.1) is 11.9 Å². The van der Waals surface area contributed by atoms with E-state index < -0.39 is 0 Å². The van der Waals surface area contributed by atoms with Crippen molar-refractivity contribution in [1.82, 2.24) is 9.97 Å². The molecule has 0 unspecified atom stereocenters. The van der Waals surface area contributed by atoms with Crippen molar-refractivity contribution < 1.29 is 4.79 Å². The van der Waals surface area contributed by atoms with Gasteiger partial charge in [0.1, 0.15) is 5.82 Å². The Bertz CT molecular complexity index is 680. The molecule has 1 aromatic heterocycles. The fourth-order valence-corrected chi connectivity index (χ4v) is 1.93. The summed E-state index contributed by atoms with van der Waals surface area (Å²) in [5.41, 5.74) is 9.24. The largest absolute Gasteiger partial charge is 0.396 e. The van der Waals surface area contributed by atoms with E-state index in [1.165, 1.54) is 6.20 Å². The molecule has 5 heteroatoms. The van der Waals surface area contributed by atoms with Crippen molar-refractivity contribution in [2.45, 2.75) is 33.6 Å². The van der Waals surface area contributed by atoms with Crippen LogP contribution in [0.5, 0.6) is 0 Å². The molecule has 5 nitrogen and oxygen atoms in total. The third kappa shape index (κ3) is 3.18. The molecule has 0 aliphatic rings. The van der Waals surface area contributed by atoms with Crippen molar-refractivity contribution in [2.75, 3.05) is 11.1 Å². The fraction of sp³-hybridized carbons (Fsp3) is 0.312. The maximum atomic E-state index is 12.4. The van der Waals surface area contributed by atoms with E-state index in [4.69, 9.17) is 5.73 Å². The lowest BCUT2D eigenvalue weighted by molar-refractivity contribution is 0.102. The highest BCUT2D eigenvalue weighted by Crippen LogP contribution is 2.20. The summed E-state index contributed by atoms with van der Waals surface area (Å²) in [6.07, 6.45) is 1.49. The van der Waals surface area contributed by atoms with Gasteiger partial charge >= 0.3 is 0 Å². The number of amides is 1. The minimum atomic E-state index is -0.314. The van der Waals surface area contributed by atoms with Crippen LogP contribution in [-0.4, -0.2) is 15.9 Å². The van der Waals surface area contributed by atoms with Crippen molar-refractivity contribution in [3.05, 3.63) is 47.0 Å². The van der Waals surface area contributed by atoms with Gasteiger partial charge in [-0.15, -0.1) is 0 Å². The predicted molar refractivity (Wildman–Crippen MR) is 84.4 cm³/mol. The molecule has 1 amide bonds. The zero-order valence-corrected chi connectivity index (χ0v) is 12.8. The average molecular weight is 284 g/mol. The lowest BCUT2D eigenvalue weighted by Crippen LogP contribution is -2.18. The molecule has 2 rings (SSSR count). The molecule has 0 aliphatic carbocycles. The quantitative estimate of drug-likeness (QED) is 0.907. The molecule has 21 heavy (non-hydrogen) atoms. The van der Waals surface area contributed by atoms with Gasteiger partial charge in [0, 0.05) is 11.6 Å². The Hall–Kier alpha value is -2.43. The van der Waals surface area contributed by atoms with Crippen LogP contribution in [0.1, 0.15) is 47.2 Å². The van der Waals surface area contributed by atoms with Crippen LogP contribution in [-0.2, 0) is 0 Å². The van der Waals surface area contributed by atoms with Crippen LogP contribution >= 0.6 is 0 Å². The fourth-order valence-electron chi connectivity index (χ4n) is 1.93. The molecule has 0 atom stereocenters. The van der Waals surface area contributed by atoms with Crippen LogP contribution in [0.4, 0.5) is 11.4 Å². The molecule has 3 N–H and O–H groups in total. The van der Waals surface area contributed by atoms with Crippen molar-refractivity contribution in [2.24, 2.45) is 0 Å². The van der Waals surface area contributed by atoms with Gasteiger partial charge in [0.2, 0.25) is 0 Å². The maximum absolute atomic E-state index is 12.4. The molecule has 0 radical (unpaired) electrons. The number of benzene rings is 1. The summed E-state index contributed by atoms with van der Waals surface area (Å²) in [4.78, 5) is 20.8. The van der Waals surface area contributed by atoms with Gasteiger partial charge in [-0.2, -0.15) is 0 Å². The minimum Gasteiger partial charge on any atom is -0.396 e. The Kier molecular flexibility index (Phi) is 4.21. The van der Waals surface area contributed by atoms with E-state index in [2.05, 4.69) is 15.3 Å². The molecule has 1 aromatic carbocycles. The Morgan fingerprint density at radius 3 is 2.67 bits per heavy atom. The number of nitrogen functional groups attached to an aromatic ring is 1. The van der Waals surface area contributed by atoms with Crippen LogP contribution < -0.4 is 11.1 Å². The lowest BCUT2D eigenvalue weighted by atomic mass is 10.1. The van der Waals surface area contributed by atoms with Crippen LogP contribution in [0.15, 0.2) is 24.4 Å². The monoisotopic (exact) mass is 284 g/mol. The van der Waals surface area contributed by atoms with E-state index in [0.29, 0.717) is 5.82 Å². The van der Waals surface area contributed by atoms with E-state index in [0.717, 1.165) is 16.8 Å². The number of rotatable bonds is 3. The summed E-state index contributed by atoms with van der Waals surface area (Å²) in [6.45, 7) is 7.91. The Morgan fingerprint density at radius 2 is 2.00 bits per heavy atom. The first-order chi connectivity index (χ1) is 9.90. The number of hydrogen-bond donors (Lipinski definition) is 2. The molecule has 110 valence electrons. The summed E-state index contributed by atoms with van der Waals surface area (Å²) in [5, 5.41) is 2.87. The van der Waals surface area contributed by atoms with Gasteiger partial charge in [-0.3, -0.25) is 4.79 Å². The Morgan fingerprint density at radius 1 is 1.29 bits per heavy atom. The first kappa shape index (κ1) is 15.0.